The van der Waals surface area contributed by atoms with Crippen LogP contribution in [0.15, 0.2) is 35.2 Å². The van der Waals surface area contributed by atoms with E-state index >= 15 is 0 Å². The van der Waals surface area contributed by atoms with Crippen LogP contribution in [0.2, 0.25) is 5.02 Å². The molecular weight excluding hydrogens is 256 g/mol. The Kier molecular flexibility index (Phi) is 3.76. The van der Waals surface area contributed by atoms with Crippen LogP contribution in [0.25, 0.3) is 0 Å². The van der Waals surface area contributed by atoms with Crippen LogP contribution in [-0.2, 0) is 6.54 Å². The van der Waals surface area contributed by atoms with Crippen molar-refractivity contribution in [1.29, 1.82) is 0 Å². The molecule has 0 unspecified atom stereocenters. The SMILES string of the molecule is CN(Cc1ccsc1)C(=O)c1cc(Cl)ccn1. The molecule has 0 aliphatic rings. The molecule has 0 saturated heterocycles. The summed E-state index contributed by atoms with van der Waals surface area (Å²) in [7, 11) is 1.75. The third kappa shape index (κ3) is 3.05. The molecule has 0 bridgehead atoms. The van der Waals surface area contributed by atoms with Crippen LogP contribution >= 0.6 is 22.9 Å². The van der Waals surface area contributed by atoms with Crippen molar-refractivity contribution in [1.82, 2.24) is 9.88 Å². The molecule has 2 aromatic heterocycles. The molecule has 3 nitrogen and oxygen atoms in total. The molecule has 5 heteroatoms. The van der Waals surface area contributed by atoms with E-state index < -0.39 is 0 Å². The minimum atomic E-state index is -0.126. The molecule has 0 N–H and O–H groups in total. The first-order valence-electron chi connectivity index (χ1n) is 5.05. The van der Waals surface area contributed by atoms with Crippen LogP contribution < -0.4 is 0 Å². The normalized spacial score (nSPS) is 10.2. The average molecular weight is 267 g/mol. The van der Waals surface area contributed by atoms with E-state index in [9.17, 15) is 4.79 Å². The summed E-state index contributed by atoms with van der Waals surface area (Å²) in [5.41, 5.74) is 1.49. The molecule has 0 radical (unpaired) electrons. The number of hydrogen-bond donors (Lipinski definition) is 0. The Morgan fingerprint density at radius 2 is 2.35 bits per heavy atom. The maximum Gasteiger partial charge on any atom is 0.272 e. The molecule has 1 amide bonds. The molecule has 0 fully saturated rings. The van der Waals surface area contributed by atoms with Gasteiger partial charge >= 0.3 is 0 Å². The highest BCUT2D eigenvalue weighted by molar-refractivity contribution is 7.07. The summed E-state index contributed by atoms with van der Waals surface area (Å²) in [6, 6.07) is 5.23. The number of amides is 1. The van der Waals surface area contributed by atoms with Crippen LogP contribution in [0.4, 0.5) is 0 Å². The first kappa shape index (κ1) is 12.1. The quantitative estimate of drug-likeness (QED) is 0.855. The molecular formula is C12H11ClN2OS. The number of nitrogens with zero attached hydrogens (tertiary/aromatic N) is 2. The second-order valence-corrected chi connectivity index (χ2v) is 4.87. The van der Waals surface area contributed by atoms with Gasteiger partial charge in [-0.05, 0) is 34.5 Å². The van der Waals surface area contributed by atoms with Crippen molar-refractivity contribution < 1.29 is 4.79 Å². The average Bonchev–Trinajstić information content (AvgIpc) is 2.80. The number of pyridine rings is 1. The van der Waals surface area contributed by atoms with Crippen molar-refractivity contribution in [2.24, 2.45) is 0 Å². The molecule has 0 aliphatic heterocycles. The van der Waals surface area contributed by atoms with Gasteiger partial charge in [0, 0.05) is 24.8 Å². The van der Waals surface area contributed by atoms with Gasteiger partial charge in [0.2, 0.25) is 0 Å². The monoisotopic (exact) mass is 266 g/mol. The number of carbonyl (C=O) groups excluding carboxylic acids is 1. The fraction of sp³-hybridized carbons (Fsp3) is 0.167. The summed E-state index contributed by atoms with van der Waals surface area (Å²) >= 11 is 7.44. The van der Waals surface area contributed by atoms with E-state index in [1.165, 1.54) is 6.20 Å². The molecule has 0 aromatic carbocycles. The summed E-state index contributed by atoms with van der Waals surface area (Å²) in [5, 5.41) is 4.53. The lowest BCUT2D eigenvalue weighted by Gasteiger charge is -2.15. The lowest BCUT2D eigenvalue weighted by atomic mass is 10.3. The largest absolute Gasteiger partial charge is 0.336 e. The van der Waals surface area contributed by atoms with Gasteiger partial charge in [-0.3, -0.25) is 9.78 Å². The van der Waals surface area contributed by atoms with Crippen LogP contribution in [0.3, 0.4) is 0 Å². The third-order valence-corrected chi connectivity index (χ3v) is 3.25. The summed E-state index contributed by atoms with van der Waals surface area (Å²) in [5.74, 6) is -0.126. The molecule has 0 saturated carbocycles. The summed E-state index contributed by atoms with van der Waals surface area (Å²) in [4.78, 5) is 17.7. The fourth-order valence-corrected chi connectivity index (χ4v) is 2.27. The van der Waals surface area contributed by atoms with Gasteiger partial charge in [0.15, 0.2) is 0 Å². The van der Waals surface area contributed by atoms with Gasteiger partial charge in [-0.1, -0.05) is 11.6 Å². The van der Waals surface area contributed by atoms with Crippen molar-refractivity contribution in [3.05, 3.63) is 51.4 Å². The van der Waals surface area contributed by atoms with Crippen molar-refractivity contribution >= 4 is 28.8 Å². The van der Waals surface area contributed by atoms with Crippen LogP contribution in [-0.4, -0.2) is 22.8 Å². The van der Waals surface area contributed by atoms with E-state index in [1.807, 2.05) is 16.8 Å². The van der Waals surface area contributed by atoms with E-state index in [2.05, 4.69) is 4.98 Å². The van der Waals surface area contributed by atoms with E-state index in [1.54, 1.807) is 35.4 Å². The number of aromatic nitrogens is 1. The number of hydrogen-bond acceptors (Lipinski definition) is 3. The zero-order valence-corrected chi connectivity index (χ0v) is 10.8. The van der Waals surface area contributed by atoms with Gasteiger partial charge in [0.25, 0.3) is 5.91 Å². The minimum Gasteiger partial charge on any atom is -0.336 e. The lowest BCUT2D eigenvalue weighted by molar-refractivity contribution is 0.0779. The molecule has 0 spiro atoms. The first-order valence-corrected chi connectivity index (χ1v) is 6.37. The van der Waals surface area contributed by atoms with Gasteiger partial charge in [0.05, 0.1) is 0 Å². The second-order valence-electron chi connectivity index (χ2n) is 3.65. The summed E-state index contributed by atoms with van der Waals surface area (Å²) < 4.78 is 0. The lowest BCUT2D eigenvalue weighted by Crippen LogP contribution is -2.26. The molecule has 0 atom stereocenters. The van der Waals surface area contributed by atoms with Crippen LogP contribution in [0.1, 0.15) is 16.1 Å². The highest BCUT2D eigenvalue weighted by Gasteiger charge is 2.13. The molecule has 2 aromatic rings. The van der Waals surface area contributed by atoms with Gasteiger partial charge in [0.1, 0.15) is 5.69 Å². The van der Waals surface area contributed by atoms with Crippen molar-refractivity contribution in [3.63, 3.8) is 0 Å². The van der Waals surface area contributed by atoms with E-state index in [4.69, 9.17) is 11.6 Å². The predicted molar refractivity (Wildman–Crippen MR) is 69.4 cm³/mol. The zero-order valence-electron chi connectivity index (χ0n) is 9.26. The second kappa shape index (κ2) is 5.29. The van der Waals surface area contributed by atoms with Gasteiger partial charge in [-0.2, -0.15) is 11.3 Å². The van der Waals surface area contributed by atoms with E-state index in [0.29, 0.717) is 17.3 Å². The van der Waals surface area contributed by atoms with Gasteiger partial charge in [-0.15, -0.1) is 0 Å². The number of thiophene rings is 1. The molecule has 2 heterocycles. The van der Waals surface area contributed by atoms with Crippen molar-refractivity contribution in [3.8, 4) is 0 Å². The molecule has 2 rings (SSSR count). The molecule has 88 valence electrons. The van der Waals surface area contributed by atoms with Gasteiger partial charge in [-0.25, -0.2) is 0 Å². The highest BCUT2D eigenvalue weighted by atomic mass is 35.5. The smallest absolute Gasteiger partial charge is 0.272 e. The van der Waals surface area contributed by atoms with Crippen LogP contribution in [0, 0.1) is 0 Å². The van der Waals surface area contributed by atoms with E-state index in [0.717, 1.165) is 5.56 Å². The topological polar surface area (TPSA) is 33.2 Å². The summed E-state index contributed by atoms with van der Waals surface area (Å²) in [6.45, 7) is 0.580. The Hall–Kier alpha value is -1.39. The fourth-order valence-electron chi connectivity index (χ4n) is 1.45. The number of halogens is 1. The number of rotatable bonds is 3. The standard InChI is InChI=1S/C12H11ClN2OS/c1-15(7-9-3-5-17-8-9)12(16)11-6-10(13)2-4-14-11/h2-6,8H,7H2,1H3. The van der Waals surface area contributed by atoms with Gasteiger partial charge < -0.3 is 4.90 Å². The highest BCUT2D eigenvalue weighted by Crippen LogP contribution is 2.12. The van der Waals surface area contributed by atoms with Crippen molar-refractivity contribution in [2.45, 2.75) is 6.54 Å². The van der Waals surface area contributed by atoms with E-state index in [-0.39, 0.29) is 5.91 Å². The Bertz CT molecular complexity index is 513. The summed E-state index contributed by atoms with van der Waals surface area (Å²) in [6.07, 6.45) is 1.54. The zero-order chi connectivity index (χ0) is 12.3. The number of carbonyl (C=O) groups is 1. The predicted octanol–water partition coefficient (Wildman–Crippen LogP) is 3.07. The van der Waals surface area contributed by atoms with Crippen molar-refractivity contribution in [2.75, 3.05) is 7.05 Å². The molecule has 17 heavy (non-hydrogen) atoms. The Morgan fingerprint density at radius 3 is 3.00 bits per heavy atom. The Labute approximate surface area is 109 Å². The Balaban J connectivity index is 2.09. The maximum absolute atomic E-state index is 12.0. The van der Waals surface area contributed by atoms with Crippen LogP contribution in [0.5, 0.6) is 0 Å². The first-order chi connectivity index (χ1) is 8.16. The third-order valence-electron chi connectivity index (χ3n) is 2.29. The molecule has 0 aliphatic carbocycles. The minimum absolute atomic E-state index is 0.126. The maximum atomic E-state index is 12.0. The Morgan fingerprint density at radius 1 is 1.53 bits per heavy atom.